The highest BCUT2D eigenvalue weighted by Crippen LogP contribution is 2.21. The van der Waals surface area contributed by atoms with Crippen molar-refractivity contribution in [1.29, 1.82) is 0 Å². The molecule has 1 rings (SSSR count). The molecule has 1 aliphatic rings. The van der Waals surface area contributed by atoms with E-state index in [1.165, 1.54) is 7.11 Å². The Bertz CT molecular complexity index is 373. The van der Waals surface area contributed by atoms with Gasteiger partial charge in [0.2, 0.25) is 0 Å². The maximum atomic E-state index is 11.6. The van der Waals surface area contributed by atoms with Gasteiger partial charge in [0.05, 0.1) is 13.2 Å². The van der Waals surface area contributed by atoms with E-state index in [0.29, 0.717) is 6.42 Å². The van der Waals surface area contributed by atoms with Crippen LogP contribution in [0.5, 0.6) is 0 Å². The van der Waals surface area contributed by atoms with E-state index in [0.717, 1.165) is 0 Å². The normalized spacial score (nSPS) is 23.8. The molecule has 0 saturated carbocycles. The molecular formula is C13H22N2O4. The average Bonchev–Trinajstić information content (AvgIpc) is 2.72. The van der Waals surface area contributed by atoms with Crippen LogP contribution < -0.4 is 11.1 Å². The molecule has 108 valence electrons. The zero-order valence-electron chi connectivity index (χ0n) is 11.8. The Morgan fingerprint density at radius 3 is 2.53 bits per heavy atom. The summed E-state index contributed by atoms with van der Waals surface area (Å²) in [6, 6.07) is -0.873. The van der Waals surface area contributed by atoms with E-state index in [1.54, 1.807) is 20.8 Å². The van der Waals surface area contributed by atoms with Gasteiger partial charge in [-0.3, -0.25) is 4.79 Å². The van der Waals surface area contributed by atoms with Crippen molar-refractivity contribution in [2.24, 2.45) is 11.7 Å². The van der Waals surface area contributed by atoms with Gasteiger partial charge in [0.25, 0.3) is 0 Å². The predicted molar refractivity (Wildman–Crippen MR) is 70.4 cm³/mol. The highest BCUT2D eigenvalue weighted by Gasteiger charge is 2.30. The van der Waals surface area contributed by atoms with E-state index in [1.807, 2.05) is 12.2 Å². The molecule has 0 saturated heterocycles. The van der Waals surface area contributed by atoms with Crippen molar-refractivity contribution < 1.29 is 19.1 Å². The Kier molecular flexibility index (Phi) is 4.94. The highest BCUT2D eigenvalue weighted by molar-refractivity contribution is 5.76. The Morgan fingerprint density at radius 2 is 2.00 bits per heavy atom. The van der Waals surface area contributed by atoms with Gasteiger partial charge < -0.3 is 20.5 Å². The van der Waals surface area contributed by atoms with E-state index in [9.17, 15) is 9.59 Å². The van der Waals surface area contributed by atoms with Crippen LogP contribution in [0.2, 0.25) is 0 Å². The SMILES string of the molecule is COC(=O)[C@@H](N)[C@@H]1C=C[C@H](NC(=O)OC(C)(C)C)C1. The molecule has 0 heterocycles. The first-order chi connectivity index (χ1) is 8.73. The lowest BCUT2D eigenvalue weighted by Crippen LogP contribution is -2.41. The highest BCUT2D eigenvalue weighted by atomic mass is 16.6. The lowest BCUT2D eigenvalue weighted by Gasteiger charge is -2.22. The molecule has 19 heavy (non-hydrogen) atoms. The fourth-order valence-electron chi connectivity index (χ4n) is 1.87. The quantitative estimate of drug-likeness (QED) is 0.588. The van der Waals surface area contributed by atoms with Gasteiger partial charge >= 0.3 is 12.1 Å². The van der Waals surface area contributed by atoms with Crippen LogP contribution in [-0.4, -0.2) is 36.9 Å². The number of nitrogens with one attached hydrogen (secondary N) is 1. The van der Waals surface area contributed by atoms with Gasteiger partial charge in [-0.15, -0.1) is 0 Å². The fraction of sp³-hybridized carbons (Fsp3) is 0.692. The first-order valence-electron chi connectivity index (χ1n) is 6.24. The molecule has 3 N–H and O–H groups in total. The number of rotatable bonds is 3. The molecule has 0 unspecified atom stereocenters. The molecular weight excluding hydrogens is 248 g/mol. The zero-order valence-corrected chi connectivity index (χ0v) is 11.8. The van der Waals surface area contributed by atoms with Crippen molar-refractivity contribution >= 4 is 12.1 Å². The Morgan fingerprint density at radius 1 is 1.37 bits per heavy atom. The maximum Gasteiger partial charge on any atom is 0.408 e. The maximum absolute atomic E-state index is 11.6. The average molecular weight is 270 g/mol. The summed E-state index contributed by atoms with van der Waals surface area (Å²) in [7, 11) is 1.30. The van der Waals surface area contributed by atoms with Crippen molar-refractivity contribution in [3.05, 3.63) is 12.2 Å². The first kappa shape index (κ1) is 15.5. The van der Waals surface area contributed by atoms with E-state index >= 15 is 0 Å². The summed E-state index contributed by atoms with van der Waals surface area (Å²) in [5.74, 6) is -0.583. The summed E-state index contributed by atoms with van der Waals surface area (Å²) < 4.78 is 9.75. The summed E-state index contributed by atoms with van der Waals surface area (Å²) in [6.45, 7) is 5.40. The molecule has 6 heteroatoms. The van der Waals surface area contributed by atoms with Crippen LogP contribution in [0.1, 0.15) is 27.2 Å². The number of methoxy groups -OCH3 is 1. The van der Waals surface area contributed by atoms with Crippen LogP contribution >= 0.6 is 0 Å². The Hall–Kier alpha value is -1.56. The van der Waals surface area contributed by atoms with Crippen LogP contribution in [0.3, 0.4) is 0 Å². The van der Waals surface area contributed by atoms with Crippen molar-refractivity contribution in [3.8, 4) is 0 Å². The van der Waals surface area contributed by atoms with Gasteiger partial charge in [0.1, 0.15) is 11.6 Å². The summed E-state index contributed by atoms with van der Waals surface area (Å²) in [5, 5.41) is 2.72. The molecule has 1 amide bonds. The third-order valence-corrected chi connectivity index (χ3v) is 2.75. The molecule has 0 bridgehead atoms. The van der Waals surface area contributed by atoms with Gasteiger partial charge in [0, 0.05) is 5.92 Å². The van der Waals surface area contributed by atoms with E-state index in [-0.39, 0.29) is 12.0 Å². The van der Waals surface area contributed by atoms with Crippen molar-refractivity contribution in [2.45, 2.75) is 44.9 Å². The molecule has 3 atom stereocenters. The van der Waals surface area contributed by atoms with Gasteiger partial charge in [-0.1, -0.05) is 12.2 Å². The summed E-state index contributed by atoms with van der Waals surface area (Å²) >= 11 is 0. The van der Waals surface area contributed by atoms with Crippen molar-refractivity contribution in [1.82, 2.24) is 5.32 Å². The Balaban J connectivity index is 2.44. The summed E-state index contributed by atoms with van der Waals surface area (Å²) in [5.41, 5.74) is 5.22. The number of hydrogen-bond acceptors (Lipinski definition) is 5. The van der Waals surface area contributed by atoms with E-state index < -0.39 is 23.7 Å². The lowest BCUT2D eigenvalue weighted by molar-refractivity contribution is -0.143. The number of carbonyl (C=O) groups excluding carboxylic acids is 2. The second-order valence-corrected chi connectivity index (χ2v) is 5.59. The number of alkyl carbamates (subject to hydrolysis) is 1. The summed E-state index contributed by atoms with van der Waals surface area (Å²) in [4.78, 5) is 22.9. The molecule has 0 fully saturated rings. The molecule has 6 nitrogen and oxygen atoms in total. The number of ether oxygens (including phenoxy) is 2. The van der Waals surface area contributed by atoms with E-state index in [4.69, 9.17) is 10.5 Å². The minimum absolute atomic E-state index is 0.132. The number of nitrogens with two attached hydrogens (primary N) is 1. The number of hydrogen-bond donors (Lipinski definition) is 2. The molecule has 0 radical (unpaired) electrons. The van der Waals surface area contributed by atoms with Crippen LogP contribution in [0.25, 0.3) is 0 Å². The third-order valence-electron chi connectivity index (χ3n) is 2.75. The Labute approximate surface area is 113 Å². The van der Waals surface area contributed by atoms with Crippen LogP contribution in [0, 0.1) is 5.92 Å². The van der Waals surface area contributed by atoms with E-state index in [2.05, 4.69) is 10.1 Å². The number of esters is 1. The number of carbonyl (C=O) groups is 2. The molecule has 0 aromatic carbocycles. The van der Waals surface area contributed by atoms with Crippen molar-refractivity contribution in [3.63, 3.8) is 0 Å². The molecule has 1 aliphatic carbocycles. The second-order valence-electron chi connectivity index (χ2n) is 5.59. The molecule has 0 spiro atoms. The molecule has 0 aromatic rings. The predicted octanol–water partition coefficient (Wildman–Crippen LogP) is 0.956. The first-order valence-corrected chi connectivity index (χ1v) is 6.24. The molecule has 0 aliphatic heterocycles. The van der Waals surface area contributed by atoms with Gasteiger partial charge in [0.15, 0.2) is 0 Å². The minimum atomic E-state index is -0.702. The minimum Gasteiger partial charge on any atom is -0.468 e. The van der Waals surface area contributed by atoms with Gasteiger partial charge in [-0.25, -0.2) is 4.79 Å². The third kappa shape index (κ3) is 4.90. The van der Waals surface area contributed by atoms with Crippen LogP contribution in [0.4, 0.5) is 4.79 Å². The van der Waals surface area contributed by atoms with Crippen molar-refractivity contribution in [2.75, 3.05) is 7.11 Å². The largest absolute Gasteiger partial charge is 0.468 e. The monoisotopic (exact) mass is 270 g/mol. The van der Waals surface area contributed by atoms with Crippen LogP contribution in [0.15, 0.2) is 12.2 Å². The smallest absolute Gasteiger partial charge is 0.408 e. The second kappa shape index (κ2) is 6.06. The number of amides is 1. The lowest BCUT2D eigenvalue weighted by atomic mass is 9.99. The summed E-state index contributed by atoms with van der Waals surface area (Å²) in [6.07, 6.45) is 3.73. The topological polar surface area (TPSA) is 90.6 Å². The van der Waals surface area contributed by atoms with Gasteiger partial charge in [-0.05, 0) is 27.2 Å². The fourth-order valence-corrected chi connectivity index (χ4v) is 1.87. The van der Waals surface area contributed by atoms with Gasteiger partial charge in [-0.2, -0.15) is 0 Å². The van der Waals surface area contributed by atoms with Crippen LogP contribution in [-0.2, 0) is 14.3 Å². The zero-order chi connectivity index (χ0) is 14.6. The molecule has 0 aromatic heterocycles. The standard InChI is InChI=1S/C13H22N2O4/c1-13(2,3)19-12(17)15-9-6-5-8(7-9)10(14)11(16)18-4/h5-6,8-10H,7,14H2,1-4H3,(H,15,17)/t8-,9+,10+/m1/s1.